The summed E-state index contributed by atoms with van der Waals surface area (Å²) in [6.45, 7) is 0. The van der Waals surface area contributed by atoms with Gasteiger partial charge in [0.05, 0.1) is 22.9 Å². The first-order valence-corrected chi connectivity index (χ1v) is 7.46. The average molecular weight is 336 g/mol. The van der Waals surface area contributed by atoms with Crippen LogP contribution in [-0.4, -0.2) is 23.0 Å². The molecule has 4 nitrogen and oxygen atoms in total. The molecule has 2 amide bonds. The molecule has 0 N–H and O–H groups in total. The molecular weight excluding hydrogens is 326 g/mol. The molecule has 0 aliphatic carbocycles. The SMILES string of the molecule is O=C1c2cccc3cccc(c23)C(=O)N1N=Cc1c(F)cccc1F. The molecule has 1 aliphatic heterocycles. The molecule has 0 saturated carbocycles. The third-order valence-electron chi connectivity index (χ3n) is 4.05. The number of hydrogen-bond donors (Lipinski definition) is 0. The fourth-order valence-electron chi connectivity index (χ4n) is 2.87. The first-order valence-electron chi connectivity index (χ1n) is 7.46. The maximum Gasteiger partial charge on any atom is 0.282 e. The number of hydrogen-bond acceptors (Lipinski definition) is 3. The normalized spacial score (nSPS) is 13.9. The van der Waals surface area contributed by atoms with E-state index in [1.807, 2.05) is 0 Å². The highest BCUT2D eigenvalue weighted by Crippen LogP contribution is 2.30. The minimum atomic E-state index is -0.830. The lowest BCUT2D eigenvalue weighted by Gasteiger charge is -2.23. The van der Waals surface area contributed by atoms with Crippen LogP contribution in [0, 0.1) is 11.6 Å². The average Bonchev–Trinajstić information content (AvgIpc) is 2.61. The summed E-state index contributed by atoms with van der Waals surface area (Å²) in [4.78, 5) is 25.2. The number of carbonyl (C=O) groups excluding carboxylic acids is 2. The first-order chi connectivity index (χ1) is 12.1. The lowest BCUT2D eigenvalue weighted by Crippen LogP contribution is -2.36. The van der Waals surface area contributed by atoms with Gasteiger partial charge in [-0.15, -0.1) is 0 Å². The zero-order valence-corrected chi connectivity index (χ0v) is 12.7. The van der Waals surface area contributed by atoms with E-state index >= 15 is 0 Å². The minimum absolute atomic E-state index is 0.318. The lowest BCUT2D eigenvalue weighted by molar-refractivity contribution is 0.0616. The van der Waals surface area contributed by atoms with Gasteiger partial charge in [-0.05, 0) is 29.7 Å². The van der Waals surface area contributed by atoms with E-state index in [9.17, 15) is 18.4 Å². The van der Waals surface area contributed by atoms with Crippen molar-refractivity contribution >= 4 is 28.8 Å². The van der Waals surface area contributed by atoms with Crippen molar-refractivity contribution in [1.29, 1.82) is 0 Å². The molecule has 0 fully saturated rings. The fraction of sp³-hybridized carbons (Fsp3) is 0. The molecule has 3 aromatic rings. The maximum absolute atomic E-state index is 13.7. The van der Waals surface area contributed by atoms with E-state index in [2.05, 4.69) is 5.10 Å². The molecule has 1 aliphatic rings. The van der Waals surface area contributed by atoms with Crippen LogP contribution in [0.3, 0.4) is 0 Å². The van der Waals surface area contributed by atoms with Crippen LogP contribution in [0.15, 0.2) is 59.7 Å². The second-order valence-electron chi connectivity index (χ2n) is 5.51. The number of nitrogens with zero attached hydrogens (tertiary/aromatic N) is 2. The summed E-state index contributed by atoms with van der Waals surface area (Å²) in [5, 5.41) is 5.70. The van der Waals surface area contributed by atoms with Crippen LogP contribution in [0.1, 0.15) is 26.3 Å². The van der Waals surface area contributed by atoms with E-state index in [-0.39, 0.29) is 0 Å². The monoisotopic (exact) mass is 336 g/mol. The number of benzene rings is 3. The molecule has 0 radical (unpaired) electrons. The summed E-state index contributed by atoms with van der Waals surface area (Å²) in [6.07, 6.45) is 0.842. The highest BCUT2D eigenvalue weighted by molar-refractivity contribution is 6.25. The second-order valence-corrected chi connectivity index (χ2v) is 5.51. The number of imide groups is 1. The van der Waals surface area contributed by atoms with Crippen molar-refractivity contribution in [3.8, 4) is 0 Å². The standard InChI is InChI=1S/C19H10F2N2O2/c20-15-8-3-9-16(21)14(15)10-22-23-18(24)12-6-1-4-11-5-2-7-13(17(11)12)19(23)25/h1-10H. The molecule has 3 aromatic carbocycles. The minimum Gasteiger partial charge on any atom is -0.267 e. The van der Waals surface area contributed by atoms with Gasteiger partial charge < -0.3 is 0 Å². The molecule has 6 heteroatoms. The van der Waals surface area contributed by atoms with Crippen LogP contribution >= 0.6 is 0 Å². The summed E-state index contributed by atoms with van der Waals surface area (Å²) in [5.41, 5.74) is 0.220. The van der Waals surface area contributed by atoms with Crippen LogP contribution < -0.4 is 0 Å². The van der Waals surface area contributed by atoms with Crippen LogP contribution in [0.2, 0.25) is 0 Å². The van der Waals surface area contributed by atoms with Crippen molar-refractivity contribution < 1.29 is 18.4 Å². The number of amides is 2. The van der Waals surface area contributed by atoms with E-state index in [0.29, 0.717) is 21.5 Å². The quantitative estimate of drug-likeness (QED) is 0.529. The van der Waals surface area contributed by atoms with Gasteiger partial charge in [0.25, 0.3) is 11.8 Å². The Morgan fingerprint density at radius 2 is 1.32 bits per heavy atom. The molecular formula is C19H10F2N2O2. The first kappa shape index (κ1) is 15.1. The van der Waals surface area contributed by atoms with Gasteiger partial charge in [-0.2, -0.15) is 10.1 Å². The number of hydrazone groups is 1. The van der Waals surface area contributed by atoms with Gasteiger partial charge in [0, 0.05) is 5.39 Å². The van der Waals surface area contributed by atoms with E-state index in [1.54, 1.807) is 36.4 Å². The summed E-state index contributed by atoms with van der Waals surface area (Å²) >= 11 is 0. The van der Waals surface area contributed by atoms with Crippen molar-refractivity contribution in [3.63, 3.8) is 0 Å². The van der Waals surface area contributed by atoms with Crippen molar-refractivity contribution in [2.45, 2.75) is 0 Å². The predicted octanol–water partition coefficient (Wildman–Crippen LogP) is 3.75. The highest BCUT2D eigenvalue weighted by Gasteiger charge is 2.32. The maximum atomic E-state index is 13.7. The van der Waals surface area contributed by atoms with Gasteiger partial charge in [0.15, 0.2) is 0 Å². The Balaban J connectivity index is 1.82. The van der Waals surface area contributed by atoms with E-state index in [4.69, 9.17) is 0 Å². The fourth-order valence-corrected chi connectivity index (χ4v) is 2.87. The smallest absolute Gasteiger partial charge is 0.267 e. The van der Waals surface area contributed by atoms with Crippen LogP contribution in [0.25, 0.3) is 10.8 Å². The van der Waals surface area contributed by atoms with Crippen molar-refractivity contribution in [1.82, 2.24) is 5.01 Å². The van der Waals surface area contributed by atoms with Gasteiger partial charge >= 0.3 is 0 Å². The number of halogens is 2. The number of carbonyl (C=O) groups is 2. The van der Waals surface area contributed by atoms with Gasteiger partial charge in [-0.1, -0.05) is 30.3 Å². The third-order valence-corrected chi connectivity index (χ3v) is 4.05. The molecule has 25 heavy (non-hydrogen) atoms. The van der Waals surface area contributed by atoms with Gasteiger partial charge in [-0.25, -0.2) is 8.78 Å². The Morgan fingerprint density at radius 1 is 0.800 bits per heavy atom. The zero-order chi connectivity index (χ0) is 17.6. The van der Waals surface area contributed by atoms with E-state index in [0.717, 1.165) is 23.7 Å². The van der Waals surface area contributed by atoms with E-state index in [1.165, 1.54) is 6.07 Å². The van der Waals surface area contributed by atoms with Gasteiger partial charge in [0.2, 0.25) is 0 Å². The highest BCUT2D eigenvalue weighted by atomic mass is 19.1. The van der Waals surface area contributed by atoms with Crippen LogP contribution in [0.5, 0.6) is 0 Å². The molecule has 0 saturated heterocycles. The molecule has 122 valence electrons. The van der Waals surface area contributed by atoms with Crippen LogP contribution in [0.4, 0.5) is 8.78 Å². The third kappa shape index (κ3) is 2.30. The van der Waals surface area contributed by atoms with E-state index < -0.39 is 29.0 Å². The van der Waals surface area contributed by atoms with Crippen molar-refractivity contribution in [2.24, 2.45) is 5.10 Å². The zero-order valence-electron chi connectivity index (χ0n) is 12.7. The Bertz CT molecular complexity index is 1010. The summed E-state index contributed by atoms with van der Waals surface area (Å²) in [7, 11) is 0. The van der Waals surface area contributed by atoms with Gasteiger partial charge in [-0.3, -0.25) is 9.59 Å². The van der Waals surface area contributed by atoms with Gasteiger partial charge in [0.1, 0.15) is 11.6 Å². The lowest BCUT2D eigenvalue weighted by atomic mass is 9.95. The summed E-state index contributed by atoms with van der Waals surface area (Å²) in [5.74, 6) is -2.93. The molecule has 0 atom stereocenters. The Kier molecular flexibility index (Phi) is 3.39. The van der Waals surface area contributed by atoms with Crippen molar-refractivity contribution in [2.75, 3.05) is 0 Å². The predicted molar refractivity (Wildman–Crippen MR) is 88.4 cm³/mol. The molecule has 0 spiro atoms. The largest absolute Gasteiger partial charge is 0.282 e. The summed E-state index contributed by atoms with van der Waals surface area (Å²) < 4.78 is 27.4. The molecule has 0 aromatic heterocycles. The Hall–Kier alpha value is -3.41. The Labute approximate surface area is 141 Å². The molecule has 1 heterocycles. The summed E-state index contributed by atoms with van der Waals surface area (Å²) in [6, 6.07) is 13.5. The van der Waals surface area contributed by atoms with Crippen LogP contribution in [-0.2, 0) is 0 Å². The Morgan fingerprint density at radius 3 is 1.88 bits per heavy atom. The number of rotatable bonds is 2. The molecule has 4 rings (SSSR count). The topological polar surface area (TPSA) is 49.7 Å². The van der Waals surface area contributed by atoms with Crippen molar-refractivity contribution in [3.05, 3.63) is 82.9 Å². The second kappa shape index (κ2) is 5.59. The molecule has 0 unspecified atom stereocenters. The molecule has 0 bridgehead atoms.